The Bertz CT molecular complexity index is 1270. The van der Waals surface area contributed by atoms with Gasteiger partial charge in [0.05, 0.1) is 13.5 Å². The number of aliphatic carboxylic acids is 1. The number of hydrogen-bond acceptors (Lipinski definition) is 4. The highest BCUT2D eigenvalue weighted by Crippen LogP contribution is 2.33. The number of aryl methyl sites for hydroxylation is 1. The number of ether oxygens (including phenoxy) is 3. The second-order valence-corrected chi connectivity index (χ2v) is 8.29. The number of rotatable bonds is 10. The molecule has 0 aromatic heterocycles. The normalized spacial score (nSPS) is 11.5. The van der Waals surface area contributed by atoms with Crippen LogP contribution in [0.5, 0.6) is 23.0 Å². The summed E-state index contributed by atoms with van der Waals surface area (Å²) in [4.78, 5) is 11.6. The third kappa shape index (κ3) is 6.42. The topological polar surface area (TPSA) is 65.0 Å². The molecule has 4 aromatic rings. The van der Waals surface area contributed by atoms with E-state index in [9.17, 15) is 9.90 Å². The molecule has 0 aliphatic carbocycles. The highest BCUT2D eigenvalue weighted by molar-refractivity contribution is 5.69. The predicted molar refractivity (Wildman–Crippen MR) is 136 cm³/mol. The zero-order chi connectivity index (χ0) is 24.6. The first-order valence-electron chi connectivity index (χ1n) is 11.4. The molecule has 0 bridgehead atoms. The molecule has 5 heteroatoms. The molecule has 1 atom stereocenters. The first-order valence-corrected chi connectivity index (χ1v) is 11.4. The SMILES string of the molecule is COc1ccc(C(CC(=O)O)c2ccc(OCc3cccc(Oc4ccccc4)c3)cc2C)cc1. The fraction of sp³-hybridized carbons (Fsp3) is 0.167. The lowest BCUT2D eigenvalue weighted by atomic mass is 9.86. The van der Waals surface area contributed by atoms with Crippen LogP contribution in [0.15, 0.2) is 97.1 Å². The highest BCUT2D eigenvalue weighted by atomic mass is 16.5. The van der Waals surface area contributed by atoms with Crippen LogP contribution in [0.1, 0.15) is 34.6 Å². The minimum atomic E-state index is -0.844. The minimum Gasteiger partial charge on any atom is -0.497 e. The first-order chi connectivity index (χ1) is 17.0. The van der Waals surface area contributed by atoms with Crippen LogP contribution < -0.4 is 14.2 Å². The Morgan fingerprint density at radius 3 is 2.20 bits per heavy atom. The molecule has 0 saturated carbocycles. The Balaban J connectivity index is 1.47. The molecular formula is C30H28O5. The van der Waals surface area contributed by atoms with Crippen LogP contribution in [0.3, 0.4) is 0 Å². The van der Waals surface area contributed by atoms with Crippen molar-refractivity contribution in [2.24, 2.45) is 0 Å². The van der Waals surface area contributed by atoms with Crippen molar-refractivity contribution in [2.75, 3.05) is 7.11 Å². The number of benzene rings is 4. The standard InChI is InChI=1S/C30H28O5/c1-21-17-26(34-20-22-7-6-10-27(18-22)35-25-8-4-3-5-9-25)15-16-28(21)29(19-30(31)32)23-11-13-24(33-2)14-12-23/h3-18,29H,19-20H2,1-2H3,(H,31,32). The van der Waals surface area contributed by atoms with E-state index in [0.717, 1.165) is 45.3 Å². The first kappa shape index (κ1) is 23.9. The van der Waals surface area contributed by atoms with Gasteiger partial charge in [-0.2, -0.15) is 0 Å². The number of carboxylic acids is 1. The van der Waals surface area contributed by atoms with Crippen molar-refractivity contribution in [3.8, 4) is 23.0 Å². The lowest BCUT2D eigenvalue weighted by molar-refractivity contribution is -0.137. The molecule has 0 aliphatic heterocycles. The third-order valence-corrected chi connectivity index (χ3v) is 5.80. The summed E-state index contributed by atoms with van der Waals surface area (Å²) in [7, 11) is 1.61. The molecule has 178 valence electrons. The van der Waals surface area contributed by atoms with Gasteiger partial charge in [-0.3, -0.25) is 4.79 Å². The Labute approximate surface area is 205 Å². The molecule has 0 fully saturated rings. The molecule has 0 amide bonds. The van der Waals surface area contributed by atoms with E-state index >= 15 is 0 Å². The van der Waals surface area contributed by atoms with Gasteiger partial charge in [-0.05, 0) is 77.7 Å². The Kier molecular flexibility index (Phi) is 7.68. The van der Waals surface area contributed by atoms with Crippen LogP contribution in [0.4, 0.5) is 0 Å². The van der Waals surface area contributed by atoms with E-state index in [1.54, 1.807) is 7.11 Å². The number of carbonyl (C=O) groups is 1. The van der Waals surface area contributed by atoms with Gasteiger partial charge in [-0.25, -0.2) is 0 Å². The predicted octanol–water partition coefficient (Wildman–Crippen LogP) is 6.98. The molecule has 1 N–H and O–H groups in total. The van der Waals surface area contributed by atoms with Crippen LogP contribution >= 0.6 is 0 Å². The minimum absolute atomic E-state index is 0.00157. The lowest BCUT2D eigenvalue weighted by Crippen LogP contribution is -2.09. The average Bonchev–Trinajstić information content (AvgIpc) is 2.87. The van der Waals surface area contributed by atoms with Crippen molar-refractivity contribution in [2.45, 2.75) is 25.9 Å². The summed E-state index contributed by atoms with van der Waals surface area (Å²) >= 11 is 0. The number of methoxy groups -OCH3 is 1. The molecule has 0 aliphatic rings. The van der Waals surface area contributed by atoms with Crippen molar-refractivity contribution in [3.63, 3.8) is 0 Å². The molecule has 1 unspecified atom stereocenters. The lowest BCUT2D eigenvalue weighted by Gasteiger charge is -2.19. The van der Waals surface area contributed by atoms with Gasteiger partial charge in [0, 0.05) is 5.92 Å². The molecule has 0 radical (unpaired) electrons. The van der Waals surface area contributed by atoms with Crippen LogP contribution in [-0.2, 0) is 11.4 Å². The van der Waals surface area contributed by atoms with Gasteiger partial charge in [0.25, 0.3) is 0 Å². The van der Waals surface area contributed by atoms with Gasteiger partial charge in [0.2, 0.25) is 0 Å². The van der Waals surface area contributed by atoms with E-state index in [1.807, 2.05) is 104 Å². The van der Waals surface area contributed by atoms with Crippen molar-refractivity contribution in [1.29, 1.82) is 0 Å². The zero-order valence-corrected chi connectivity index (χ0v) is 19.8. The van der Waals surface area contributed by atoms with E-state index in [4.69, 9.17) is 14.2 Å². The molecule has 5 nitrogen and oxygen atoms in total. The van der Waals surface area contributed by atoms with Gasteiger partial charge in [-0.15, -0.1) is 0 Å². The number of hydrogen-bond donors (Lipinski definition) is 1. The summed E-state index contributed by atoms with van der Waals surface area (Å²) in [5.41, 5.74) is 3.86. The average molecular weight is 469 g/mol. The van der Waals surface area contributed by atoms with Gasteiger partial charge >= 0.3 is 5.97 Å². The second kappa shape index (κ2) is 11.3. The van der Waals surface area contributed by atoms with Crippen molar-refractivity contribution < 1.29 is 24.1 Å². The van der Waals surface area contributed by atoms with Gasteiger partial charge in [0.15, 0.2) is 0 Å². The van der Waals surface area contributed by atoms with E-state index in [-0.39, 0.29) is 12.3 Å². The molecule has 0 heterocycles. The summed E-state index contributed by atoms with van der Waals surface area (Å²) in [5, 5.41) is 9.52. The summed E-state index contributed by atoms with van der Waals surface area (Å²) in [6, 6.07) is 30.8. The summed E-state index contributed by atoms with van der Waals surface area (Å²) in [6.07, 6.45) is 0.00157. The molecule has 4 rings (SSSR count). The quantitative estimate of drug-likeness (QED) is 0.272. The Morgan fingerprint density at radius 1 is 0.800 bits per heavy atom. The van der Waals surface area contributed by atoms with Crippen molar-refractivity contribution >= 4 is 5.97 Å². The monoisotopic (exact) mass is 468 g/mol. The van der Waals surface area contributed by atoms with Crippen LogP contribution in [-0.4, -0.2) is 18.2 Å². The molecule has 35 heavy (non-hydrogen) atoms. The molecular weight excluding hydrogens is 440 g/mol. The summed E-state index contributed by atoms with van der Waals surface area (Å²) in [6.45, 7) is 2.37. The summed E-state index contributed by atoms with van der Waals surface area (Å²) < 4.78 is 17.2. The third-order valence-electron chi connectivity index (χ3n) is 5.80. The van der Waals surface area contributed by atoms with E-state index in [1.165, 1.54) is 0 Å². The number of para-hydroxylation sites is 1. The van der Waals surface area contributed by atoms with Gasteiger partial charge < -0.3 is 19.3 Å². The zero-order valence-electron chi connectivity index (χ0n) is 19.8. The Hall–Kier alpha value is -4.25. The van der Waals surface area contributed by atoms with Crippen molar-refractivity contribution in [1.82, 2.24) is 0 Å². The number of carboxylic acid groups (broad SMARTS) is 1. The van der Waals surface area contributed by atoms with E-state index < -0.39 is 5.97 Å². The van der Waals surface area contributed by atoms with Gasteiger partial charge in [-0.1, -0.05) is 48.5 Å². The summed E-state index contributed by atoms with van der Waals surface area (Å²) in [5.74, 6) is 1.89. The van der Waals surface area contributed by atoms with Crippen LogP contribution in [0, 0.1) is 6.92 Å². The maximum Gasteiger partial charge on any atom is 0.304 e. The maximum absolute atomic E-state index is 11.6. The Morgan fingerprint density at radius 2 is 1.51 bits per heavy atom. The maximum atomic E-state index is 11.6. The smallest absolute Gasteiger partial charge is 0.304 e. The molecule has 0 spiro atoms. The fourth-order valence-corrected chi connectivity index (χ4v) is 4.04. The van der Waals surface area contributed by atoms with Crippen LogP contribution in [0.25, 0.3) is 0 Å². The van der Waals surface area contributed by atoms with E-state index in [2.05, 4.69) is 0 Å². The van der Waals surface area contributed by atoms with E-state index in [0.29, 0.717) is 6.61 Å². The van der Waals surface area contributed by atoms with Crippen LogP contribution in [0.2, 0.25) is 0 Å². The van der Waals surface area contributed by atoms with Gasteiger partial charge in [0.1, 0.15) is 29.6 Å². The molecule has 4 aromatic carbocycles. The largest absolute Gasteiger partial charge is 0.497 e. The van der Waals surface area contributed by atoms with Crippen molar-refractivity contribution in [3.05, 3.63) is 119 Å². The molecule has 0 saturated heterocycles. The second-order valence-electron chi connectivity index (χ2n) is 8.29. The fourth-order valence-electron chi connectivity index (χ4n) is 4.04. The highest BCUT2D eigenvalue weighted by Gasteiger charge is 2.20.